The van der Waals surface area contributed by atoms with Crippen molar-refractivity contribution in [1.29, 1.82) is 0 Å². The standard InChI is InChI=1S/C19H16N6O2/c1-20-17-12-7-22-16(25-18(26)10-2-3-10)6-11(12)13(8-23-17)19-24-14-4-5-21-9-15(14)27-19/h4-10H,2-3H2,1H3,(H,20,23)(H,22,25,26). The first-order chi connectivity index (χ1) is 13.2. The van der Waals surface area contributed by atoms with Gasteiger partial charge in [-0.25, -0.2) is 15.0 Å². The van der Waals surface area contributed by atoms with Crippen molar-refractivity contribution < 1.29 is 9.21 Å². The molecule has 1 fully saturated rings. The molecule has 1 aliphatic carbocycles. The van der Waals surface area contributed by atoms with Gasteiger partial charge in [0.05, 0.1) is 11.8 Å². The Morgan fingerprint density at radius 2 is 2.07 bits per heavy atom. The maximum atomic E-state index is 12.1. The number of nitrogens with zero attached hydrogens (tertiary/aromatic N) is 4. The van der Waals surface area contributed by atoms with Gasteiger partial charge >= 0.3 is 0 Å². The minimum atomic E-state index is 0.0132. The molecule has 1 amide bonds. The Morgan fingerprint density at radius 3 is 2.85 bits per heavy atom. The highest BCUT2D eigenvalue weighted by Gasteiger charge is 2.30. The normalized spacial score (nSPS) is 13.8. The molecule has 0 spiro atoms. The number of anilines is 2. The van der Waals surface area contributed by atoms with Crippen LogP contribution in [0.1, 0.15) is 12.8 Å². The first kappa shape index (κ1) is 15.7. The van der Waals surface area contributed by atoms with Crippen LogP contribution >= 0.6 is 0 Å². The smallest absolute Gasteiger partial charge is 0.229 e. The van der Waals surface area contributed by atoms with Gasteiger partial charge in [-0.2, -0.15) is 0 Å². The fraction of sp³-hybridized carbons (Fsp3) is 0.211. The van der Waals surface area contributed by atoms with Crippen molar-refractivity contribution in [1.82, 2.24) is 19.9 Å². The van der Waals surface area contributed by atoms with Crippen molar-refractivity contribution in [3.05, 3.63) is 36.9 Å². The molecule has 0 aromatic carbocycles. The minimum Gasteiger partial charge on any atom is -0.434 e. The predicted octanol–water partition coefficient (Wildman–Crippen LogP) is 3.22. The lowest BCUT2D eigenvalue weighted by Crippen LogP contribution is -2.14. The van der Waals surface area contributed by atoms with Gasteiger partial charge in [-0.05, 0) is 25.0 Å². The van der Waals surface area contributed by atoms with Gasteiger partial charge < -0.3 is 15.1 Å². The van der Waals surface area contributed by atoms with E-state index in [4.69, 9.17) is 4.42 Å². The third-order valence-corrected chi connectivity index (χ3v) is 4.63. The molecular weight excluding hydrogens is 344 g/mol. The Balaban J connectivity index is 1.66. The Labute approximate surface area is 154 Å². The van der Waals surface area contributed by atoms with Crippen LogP contribution in [0.25, 0.3) is 33.3 Å². The number of carbonyl (C=O) groups excluding carboxylic acids is 1. The topological polar surface area (TPSA) is 106 Å². The number of amides is 1. The zero-order valence-electron chi connectivity index (χ0n) is 14.6. The van der Waals surface area contributed by atoms with Gasteiger partial charge in [-0.15, -0.1) is 0 Å². The minimum absolute atomic E-state index is 0.0132. The van der Waals surface area contributed by atoms with Crippen molar-refractivity contribution >= 4 is 39.4 Å². The maximum absolute atomic E-state index is 12.1. The van der Waals surface area contributed by atoms with Crippen LogP contribution in [0.15, 0.2) is 41.3 Å². The summed E-state index contributed by atoms with van der Waals surface area (Å²) in [6.07, 6.45) is 8.59. The van der Waals surface area contributed by atoms with Gasteiger partial charge in [0.25, 0.3) is 0 Å². The van der Waals surface area contributed by atoms with E-state index in [2.05, 4.69) is 30.6 Å². The summed E-state index contributed by atoms with van der Waals surface area (Å²) in [5.74, 6) is 1.77. The highest BCUT2D eigenvalue weighted by Crippen LogP contribution is 2.34. The summed E-state index contributed by atoms with van der Waals surface area (Å²) in [7, 11) is 1.80. The molecule has 4 aromatic rings. The molecular formula is C19H16N6O2. The fourth-order valence-corrected chi connectivity index (χ4v) is 3.04. The Morgan fingerprint density at radius 1 is 1.19 bits per heavy atom. The van der Waals surface area contributed by atoms with Gasteiger partial charge in [0, 0.05) is 42.3 Å². The Bertz CT molecular complexity index is 1150. The molecule has 1 aliphatic rings. The summed E-state index contributed by atoms with van der Waals surface area (Å²) >= 11 is 0. The van der Waals surface area contributed by atoms with Crippen LogP contribution in [-0.4, -0.2) is 32.9 Å². The molecule has 0 saturated heterocycles. The van der Waals surface area contributed by atoms with E-state index in [-0.39, 0.29) is 11.8 Å². The van der Waals surface area contributed by atoms with Crippen LogP contribution in [0, 0.1) is 5.92 Å². The maximum Gasteiger partial charge on any atom is 0.229 e. The number of rotatable bonds is 4. The van der Waals surface area contributed by atoms with Crippen molar-refractivity contribution in [2.24, 2.45) is 5.92 Å². The van der Waals surface area contributed by atoms with Crippen LogP contribution in [0.5, 0.6) is 0 Å². The van der Waals surface area contributed by atoms with Gasteiger partial charge in [0.1, 0.15) is 17.2 Å². The molecule has 134 valence electrons. The van der Waals surface area contributed by atoms with E-state index in [1.54, 1.807) is 37.9 Å². The van der Waals surface area contributed by atoms with Crippen LogP contribution < -0.4 is 10.6 Å². The first-order valence-electron chi connectivity index (χ1n) is 8.71. The molecule has 0 radical (unpaired) electrons. The number of pyridine rings is 3. The van der Waals surface area contributed by atoms with Crippen LogP contribution in [0.2, 0.25) is 0 Å². The molecule has 4 heterocycles. The lowest BCUT2D eigenvalue weighted by atomic mass is 10.1. The van der Waals surface area contributed by atoms with Crippen molar-refractivity contribution in [2.75, 3.05) is 17.7 Å². The van der Waals surface area contributed by atoms with E-state index in [0.717, 1.165) is 34.7 Å². The van der Waals surface area contributed by atoms with Gasteiger partial charge in [0.15, 0.2) is 5.58 Å². The summed E-state index contributed by atoms with van der Waals surface area (Å²) in [4.78, 5) is 29.5. The number of carbonyl (C=O) groups is 1. The first-order valence-corrected chi connectivity index (χ1v) is 8.71. The second-order valence-electron chi connectivity index (χ2n) is 6.51. The molecule has 8 heteroatoms. The predicted molar refractivity (Wildman–Crippen MR) is 101 cm³/mol. The lowest BCUT2D eigenvalue weighted by Gasteiger charge is -2.10. The Kier molecular flexibility index (Phi) is 3.49. The third-order valence-electron chi connectivity index (χ3n) is 4.63. The third kappa shape index (κ3) is 2.75. The van der Waals surface area contributed by atoms with Crippen LogP contribution in [-0.2, 0) is 4.79 Å². The van der Waals surface area contributed by atoms with Crippen LogP contribution in [0.3, 0.4) is 0 Å². The molecule has 0 aliphatic heterocycles. The summed E-state index contributed by atoms with van der Waals surface area (Å²) in [5, 5.41) is 7.61. The molecule has 1 saturated carbocycles. The molecule has 8 nitrogen and oxygen atoms in total. The number of hydrogen-bond acceptors (Lipinski definition) is 7. The summed E-state index contributed by atoms with van der Waals surface area (Å²) in [5.41, 5.74) is 2.06. The molecule has 2 N–H and O–H groups in total. The average molecular weight is 360 g/mol. The van der Waals surface area contributed by atoms with E-state index in [1.165, 1.54) is 0 Å². The fourth-order valence-electron chi connectivity index (χ4n) is 3.04. The molecule has 0 bridgehead atoms. The number of fused-ring (bicyclic) bond motifs is 2. The van der Waals surface area contributed by atoms with E-state index in [0.29, 0.717) is 23.1 Å². The molecule has 0 atom stereocenters. The Hall–Kier alpha value is -3.55. The lowest BCUT2D eigenvalue weighted by molar-refractivity contribution is -0.117. The number of hydrogen-bond donors (Lipinski definition) is 2. The summed E-state index contributed by atoms with van der Waals surface area (Å²) < 4.78 is 5.86. The number of oxazole rings is 1. The van der Waals surface area contributed by atoms with Crippen molar-refractivity contribution in [2.45, 2.75) is 12.8 Å². The molecule has 0 unspecified atom stereocenters. The van der Waals surface area contributed by atoms with Gasteiger partial charge in [-0.1, -0.05) is 0 Å². The number of nitrogens with one attached hydrogen (secondary N) is 2. The van der Waals surface area contributed by atoms with Crippen molar-refractivity contribution in [3.63, 3.8) is 0 Å². The van der Waals surface area contributed by atoms with Crippen LogP contribution in [0.4, 0.5) is 11.6 Å². The van der Waals surface area contributed by atoms with Gasteiger partial charge in [-0.3, -0.25) is 9.78 Å². The SMILES string of the molecule is CNc1ncc(-c2nc3ccncc3o2)c2cc(NC(=O)C3CC3)ncc12. The van der Waals surface area contributed by atoms with E-state index >= 15 is 0 Å². The summed E-state index contributed by atoms with van der Waals surface area (Å²) in [6, 6.07) is 3.63. The highest BCUT2D eigenvalue weighted by molar-refractivity contribution is 6.03. The van der Waals surface area contributed by atoms with Crippen molar-refractivity contribution in [3.8, 4) is 11.5 Å². The largest absolute Gasteiger partial charge is 0.434 e. The molecule has 4 aromatic heterocycles. The summed E-state index contributed by atoms with van der Waals surface area (Å²) in [6.45, 7) is 0. The quantitative estimate of drug-likeness (QED) is 0.575. The zero-order chi connectivity index (χ0) is 18.4. The molecule has 5 rings (SSSR count). The number of aromatic nitrogens is 4. The van der Waals surface area contributed by atoms with E-state index in [1.807, 2.05) is 6.07 Å². The van der Waals surface area contributed by atoms with Gasteiger partial charge in [0.2, 0.25) is 11.8 Å². The second-order valence-corrected chi connectivity index (χ2v) is 6.51. The molecule has 27 heavy (non-hydrogen) atoms. The average Bonchev–Trinajstić information content (AvgIpc) is 3.46. The monoisotopic (exact) mass is 360 g/mol. The zero-order valence-corrected chi connectivity index (χ0v) is 14.6. The highest BCUT2D eigenvalue weighted by atomic mass is 16.3. The second kappa shape index (κ2) is 6.01. The van der Waals surface area contributed by atoms with E-state index < -0.39 is 0 Å². The van der Waals surface area contributed by atoms with E-state index in [9.17, 15) is 4.79 Å².